The van der Waals surface area contributed by atoms with Gasteiger partial charge in [0.25, 0.3) is 0 Å². The van der Waals surface area contributed by atoms with Gasteiger partial charge in [-0.1, -0.05) is 35.2 Å². The number of rotatable bonds is 3. The van der Waals surface area contributed by atoms with Crippen molar-refractivity contribution < 1.29 is 14.7 Å². The molecule has 0 aromatic heterocycles. The molecule has 0 spiro atoms. The minimum Gasteiger partial charge on any atom is -0.478 e. The molecule has 3 nitrogen and oxygen atoms in total. The second-order valence-electron chi connectivity index (χ2n) is 3.39. The van der Waals surface area contributed by atoms with Crippen molar-refractivity contribution in [2.75, 3.05) is 5.75 Å². The molecule has 5 heteroatoms. The summed E-state index contributed by atoms with van der Waals surface area (Å²) in [7, 11) is 0. The van der Waals surface area contributed by atoms with Crippen LogP contribution in [0.15, 0.2) is 18.2 Å². The Balaban J connectivity index is 2.68. The highest BCUT2D eigenvalue weighted by Crippen LogP contribution is 2.17. The van der Waals surface area contributed by atoms with Gasteiger partial charge in [0.05, 0.1) is 10.6 Å². The molecule has 0 aliphatic heterocycles. The summed E-state index contributed by atoms with van der Waals surface area (Å²) >= 11 is 6.96. The van der Waals surface area contributed by atoms with E-state index in [0.29, 0.717) is 17.7 Å². The van der Waals surface area contributed by atoms with Gasteiger partial charge in [0.1, 0.15) is 0 Å². The zero-order valence-electron chi connectivity index (χ0n) is 9.70. The van der Waals surface area contributed by atoms with Crippen molar-refractivity contribution >= 4 is 34.4 Å². The van der Waals surface area contributed by atoms with Crippen LogP contribution in [0.4, 0.5) is 0 Å². The maximum Gasteiger partial charge on any atom is 0.337 e. The molecule has 0 atom stereocenters. The van der Waals surface area contributed by atoms with E-state index < -0.39 is 5.97 Å². The standard InChI is InChI=1S/C13H11ClO3S/c1-9(15)18-7-3-2-4-10-5-6-12(14)11(8-10)13(16)17/h5-6,8H,3,7H2,1H3,(H,16,17). The van der Waals surface area contributed by atoms with Crippen molar-refractivity contribution in [2.24, 2.45) is 0 Å². The molecule has 18 heavy (non-hydrogen) atoms. The minimum atomic E-state index is -1.07. The lowest BCUT2D eigenvalue weighted by atomic mass is 10.1. The SMILES string of the molecule is CC(=O)SCCC#Cc1ccc(Cl)c(C(=O)O)c1. The van der Waals surface area contributed by atoms with Crippen LogP contribution in [0.25, 0.3) is 0 Å². The molecule has 0 bridgehead atoms. The summed E-state index contributed by atoms with van der Waals surface area (Å²) in [5.41, 5.74) is 0.645. The number of carbonyl (C=O) groups excluding carboxylic acids is 1. The first-order chi connectivity index (χ1) is 8.50. The van der Waals surface area contributed by atoms with E-state index >= 15 is 0 Å². The number of carboxylic acids is 1. The Morgan fingerprint density at radius 1 is 1.44 bits per heavy atom. The van der Waals surface area contributed by atoms with Crippen LogP contribution in [0.1, 0.15) is 29.3 Å². The molecule has 0 fully saturated rings. The van der Waals surface area contributed by atoms with Crippen LogP contribution >= 0.6 is 23.4 Å². The summed E-state index contributed by atoms with van der Waals surface area (Å²) in [6.07, 6.45) is 0.579. The van der Waals surface area contributed by atoms with Crippen molar-refractivity contribution in [3.05, 3.63) is 34.3 Å². The van der Waals surface area contributed by atoms with Gasteiger partial charge < -0.3 is 5.11 Å². The highest BCUT2D eigenvalue weighted by molar-refractivity contribution is 8.13. The topological polar surface area (TPSA) is 54.4 Å². The quantitative estimate of drug-likeness (QED) is 0.684. The number of aromatic carboxylic acids is 1. The molecule has 1 rings (SSSR count). The summed E-state index contributed by atoms with van der Waals surface area (Å²) < 4.78 is 0. The molecule has 0 heterocycles. The van der Waals surface area contributed by atoms with E-state index in [-0.39, 0.29) is 15.7 Å². The lowest BCUT2D eigenvalue weighted by Crippen LogP contribution is -1.97. The first-order valence-corrected chi connectivity index (χ1v) is 6.52. The van der Waals surface area contributed by atoms with Gasteiger partial charge in [-0.15, -0.1) is 0 Å². The second-order valence-corrected chi connectivity index (χ2v) is 5.07. The monoisotopic (exact) mass is 282 g/mol. The average molecular weight is 283 g/mol. The van der Waals surface area contributed by atoms with Crippen LogP contribution < -0.4 is 0 Å². The average Bonchev–Trinajstić information content (AvgIpc) is 2.30. The van der Waals surface area contributed by atoms with E-state index in [1.54, 1.807) is 6.07 Å². The summed E-state index contributed by atoms with van der Waals surface area (Å²) in [6.45, 7) is 1.51. The van der Waals surface area contributed by atoms with E-state index in [9.17, 15) is 9.59 Å². The molecular weight excluding hydrogens is 272 g/mol. The van der Waals surface area contributed by atoms with E-state index in [2.05, 4.69) is 11.8 Å². The summed E-state index contributed by atoms with van der Waals surface area (Å²) in [4.78, 5) is 21.5. The molecule has 0 aliphatic rings. The van der Waals surface area contributed by atoms with Gasteiger partial charge in [0.15, 0.2) is 5.12 Å². The van der Waals surface area contributed by atoms with Crippen LogP contribution in [-0.2, 0) is 4.79 Å². The van der Waals surface area contributed by atoms with Gasteiger partial charge in [-0.05, 0) is 18.2 Å². The highest BCUT2D eigenvalue weighted by Gasteiger charge is 2.08. The van der Waals surface area contributed by atoms with Gasteiger partial charge in [-0.3, -0.25) is 4.79 Å². The predicted molar refractivity (Wildman–Crippen MR) is 73.0 cm³/mol. The van der Waals surface area contributed by atoms with Crippen molar-refractivity contribution in [1.82, 2.24) is 0 Å². The third-order valence-electron chi connectivity index (χ3n) is 1.96. The predicted octanol–water partition coefficient (Wildman–Crippen LogP) is 3.06. The zero-order valence-corrected chi connectivity index (χ0v) is 11.3. The summed E-state index contributed by atoms with van der Waals surface area (Å²) in [5.74, 6) is 5.30. The van der Waals surface area contributed by atoms with Crippen molar-refractivity contribution in [3.63, 3.8) is 0 Å². The fraction of sp³-hybridized carbons (Fsp3) is 0.231. The van der Waals surface area contributed by atoms with Gasteiger partial charge in [-0.25, -0.2) is 4.79 Å². The number of carboxylic acid groups (broad SMARTS) is 1. The van der Waals surface area contributed by atoms with Gasteiger partial charge in [-0.2, -0.15) is 0 Å². The molecule has 0 saturated heterocycles. The smallest absolute Gasteiger partial charge is 0.337 e. The molecule has 1 N–H and O–H groups in total. The highest BCUT2D eigenvalue weighted by atomic mass is 35.5. The lowest BCUT2D eigenvalue weighted by molar-refractivity contribution is -0.109. The maximum absolute atomic E-state index is 10.9. The molecular formula is C13H11ClO3S. The Kier molecular flexibility index (Phi) is 5.76. The van der Waals surface area contributed by atoms with Gasteiger partial charge >= 0.3 is 5.97 Å². The fourth-order valence-electron chi connectivity index (χ4n) is 1.18. The van der Waals surface area contributed by atoms with Crippen LogP contribution in [0, 0.1) is 11.8 Å². The molecule has 1 aromatic carbocycles. The summed E-state index contributed by atoms with van der Waals surface area (Å²) in [6, 6.07) is 4.62. The van der Waals surface area contributed by atoms with E-state index in [4.69, 9.17) is 16.7 Å². The zero-order chi connectivity index (χ0) is 13.5. The fourth-order valence-corrected chi connectivity index (χ4v) is 1.87. The normalized spacial score (nSPS) is 9.44. The van der Waals surface area contributed by atoms with Crippen molar-refractivity contribution in [1.29, 1.82) is 0 Å². The number of thioether (sulfide) groups is 1. The lowest BCUT2D eigenvalue weighted by Gasteiger charge is -1.98. The first-order valence-electron chi connectivity index (χ1n) is 5.16. The van der Waals surface area contributed by atoms with Crippen LogP contribution in [0.2, 0.25) is 5.02 Å². The Labute approximate surface area is 115 Å². The van der Waals surface area contributed by atoms with Crippen LogP contribution in [0.3, 0.4) is 0 Å². The molecule has 0 aliphatic carbocycles. The molecule has 0 amide bonds. The van der Waals surface area contributed by atoms with Gasteiger partial charge in [0, 0.05) is 24.7 Å². The molecule has 0 radical (unpaired) electrons. The van der Waals surface area contributed by atoms with Crippen LogP contribution in [-0.4, -0.2) is 21.9 Å². The number of benzene rings is 1. The summed E-state index contributed by atoms with van der Waals surface area (Å²) in [5, 5.41) is 9.15. The minimum absolute atomic E-state index is 0.0431. The largest absolute Gasteiger partial charge is 0.478 e. The van der Waals surface area contributed by atoms with Crippen molar-refractivity contribution in [2.45, 2.75) is 13.3 Å². The maximum atomic E-state index is 10.9. The molecule has 0 unspecified atom stereocenters. The number of hydrogen-bond donors (Lipinski definition) is 1. The second kappa shape index (κ2) is 7.10. The third-order valence-corrected chi connectivity index (χ3v) is 3.11. The van der Waals surface area contributed by atoms with E-state index in [0.717, 1.165) is 0 Å². The number of hydrogen-bond acceptors (Lipinski definition) is 3. The Morgan fingerprint density at radius 2 is 2.17 bits per heavy atom. The molecule has 94 valence electrons. The Morgan fingerprint density at radius 3 is 2.78 bits per heavy atom. The number of carbonyl (C=O) groups is 2. The van der Waals surface area contributed by atoms with E-state index in [1.807, 2.05) is 0 Å². The van der Waals surface area contributed by atoms with Gasteiger partial charge in [0.2, 0.25) is 0 Å². The van der Waals surface area contributed by atoms with Crippen LogP contribution in [0.5, 0.6) is 0 Å². The molecule has 1 aromatic rings. The number of halogens is 1. The Hall–Kier alpha value is -1.44. The first kappa shape index (κ1) is 14.6. The van der Waals surface area contributed by atoms with E-state index in [1.165, 1.54) is 30.8 Å². The molecule has 0 saturated carbocycles. The van der Waals surface area contributed by atoms with Crippen molar-refractivity contribution in [3.8, 4) is 11.8 Å². The third kappa shape index (κ3) is 4.82. The Bertz CT molecular complexity index is 529.